The number of benzene rings is 1. The molecule has 0 aliphatic carbocycles. The Labute approximate surface area is 95.8 Å². The minimum Gasteiger partial charge on any atom is -0.382 e. The van der Waals surface area contributed by atoms with Crippen LogP contribution < -0.4 is 5.32 Å². The Morgan fingerprint density at radius 3 is 2.69 bits per heavy atom. The molecule has 0 amide bonds. The fourth-order valence-electron chi connectivity index (χ4n) is 2.34. The average Bonchev–Trinajstić information content (AvgIpc) is 2.77. The number of hydrogen-bond donors (Lipinski definition) is 1. The monoisotopic (exact) mass is 219 g/mol. The maximum atomic E-state index is 5.41. The lowest BCUT2D eigenvalue weighted by Crippen LogP contribution is -2.27. The third kappa shape index (κ3) is 2.06. The molecule has 2 heterocycles. The Hall–Kier alpha value is -1.06. The molecule has 0 saturated carbocycles. The van der Waals surface area contributed by atoms with Crippen molar-refractivity contribution in [1.82, 2.24) is 0 Å². The third-order valence-corrected chi connectivity index (χ3v) is 3.31. The second-order valence-electron chi connectivity index (χ2n) is 4.51. The highest BCUT2D eigenvalue weighted by atomic mass is 16.5. The van der Waals surface area contributed by atoms with Crippen LogP contribution in [0.5, 0.6) is 0 Å². The minimum absolute atomic E-state index is 0.564. The van der Waals surface area contributed by atoms with E-state index in [0.29, 0.717) is 6.04 Å². The molecule has 3 heteroatoms. The van der Waals surface area contributed by atoms with Crippen LogP contribution in [0.2, 0.25) is 0 Å². The first-order chi connectivity index (χ1) is 7.92. The zero-order valence-electron chi connectivity index (χ0n) is 9.37. The number of ether oxygens (including phenoxy) is 2. The second-order valence-corrected chi connectivity index (χ2v) is 4.51. The van der Waals surface area contributed by atoms with Crippen LogP contribution in [0, 0.1) is 0 Å². The van der Waals surface area contributed by atoms with Crippen molar-refractivity contribution in [1.29, 1.82) is 0 Å². The maximum absolute atomic E-state index is 5.41. The van der Waals surface area contributed by atoms with Gasteiger partial charge in [0.25, 0.3) is 0 Å². The Bertz CT molecular complexity index is 372. The van der Waals surface area contributed by atoms with Crippen molar-refractivity contribution in [3.63, 3.8) is 0 Å². The van der Waals surface area contributed by atoms with Crippen LogP contribution >= 0.6 is 0 Å². The second kappa shape index (κ2) is 4.44. The van der Waals surface area contributed by atoms with Gasteiger partial charge < -0.3 is 14.8 Å². The summed E-state index contributed by atoms with van der Waals surface area (Å²) in [6.45, 7) is 3.29. The van der Waals surface area contributed by atoms with Crippen LogP contribution in [0.1, 0.15) is 24.0 Å². The number of fused-ring (bicyclic) bond motifs is 1. The molecule has 0 spiro atoms. The number of hydrogen-bond acceptors (Lipinski definition) is 3. The highest BCUT2D eigenvalue weighted by Gasteiger charge is 2.15. The van der Waals surface area contributed by atoms with Gasteiger partial charge in [0.15, 0.2) is 0 Å². The maximum Gasteiger partial charge on any atom is 0.0725 e. The first-order valence-electron chi connectivity index (χ1n) is 5.96. The van der Waals surface area contributed by atoms with Crippen LogP contribution in [0.3, 0.4) is 0 Å². The Balaban J connectivity index is 1.69. The molecule has 1 aromatic rings. The van der Waals surface area contributed by atoms with Gasteiger partial charge in [-0.3, -0.25) is 0 Å². The summed E-state index contributed by atoms with van der Waals surface area (Å²) in [5.74, 6) is 0. The Morgan fingerprint density at radius 2 is 1.81 bits per heavy atom. The van der Waals surface area contributed by atoms with E-state index in [9.17, 15) is 0 Å². The summed E-state index contributed by atoms with van der Waals surface area (Å²) >= 11 is 0. The highest BCUT2D eigenvalue weighted by Crippen LogP contribution is 2.24. The molecule has 1 fully saturated rings. The van der Waals surface area contributed by atoms with Crippen molar-refractivity contribution >= 4 is 5.69 Å². The van der Waals surface area contributed by atoms with E-state index in [1.165, 1.54) is 16.8 Å². The van der Waals surface area contributed by atoms with Crippen LogP contribution in [-0.2, 0) is 22.7 Å². The van der Waals surface area contributed by atoms with E-state index < -0.39 is 0 Å². The van der Waals surface area contributed by atoms with Gasteiger partial charge in [-0.15, -0.1) is 0 Å². The van der Waals surface area contributed by atoms with E-state index >= 15 is 0 Å². The molecule has 2 aliphatic heterocycles. The van der Waals surface area contributed by atoms with Gasteiger partial charge in [-0.2, -0.15) is 0 Å². The molecule has 0 radical (unpaired) electrons. The zero-order chi connectivity index (χ0) is 10.8. The summed E-state index contributed by atoms with van der Waals surface area (Å²) in [6.07, 6.45) is 2.21. The summed E-state index contributed by atoms with van der Waals surface area (Å²) in [7, 11) is 0. The van der Waals surface area contributed by atoms with Crippen LogP contribution in [0.4, 0.5) is 5.69 Å². The predicted octanol–water partition coefficient (Wildman–Crippen LogP) is 2.31. The third-order valence-electron chi connectivity index (χ3n) is 3.31. The summed E-state index contributed by atoms with van der Waals surface area (Å²) in [5, 5.41) is 3.58. The SMILES string of the molecule is c1cc2c(cc1NC1CCOCC1)COC2. The van der Waals surface area contributed by atoms with Crippen molar-refractivity contribution in [2.45, 2.75) is 32.1 Å². The fourth-order valence-corrected chi connectivity index (χ4v) is 2.34. The molecule has 86 valence electrons. The van der Waals surface area contributed by atoms with E-state index in [1.807, 2.05) is 0 Å². The van der Waals surface area contributed by atoms with Crippen molar-refractivity contribution in [2.24, 2.45) is 0 Å². The summed E-state index contributed by atoms with van der Waals surface area (Å²) in [5.41, 5.74) is 3.88. The molecule has 1 saturated heterocycles. The molecule has 1 N–H and O–H groups in total. The van der Waals surface area contributed by atoms with Gasteiger partial charge >= 0.3 is 0 Å². The average molecular weight is 219 g/mol. The lowest BCUT2D eigenvalue weighted by atomic mass is 10.1. The van der Waals surface area contributed by atoms with Crippen LogP contribution in [0.15, 0.2) is 18.2 Å². The van der Waals surface area contributed by atoms with Gasteiger partial charge in [-0.05, 0) is 36.1 Å². The quantitative estimate of drug-likeness (QED) is 0.828. The molecule has 2 aliphatic rings. The van der Waals surface area contributed by atoms with Gasteiger partial charge in [-0.1, -0.05) is 6.07 Å². The summed E-state index contributed by atoms with van der Waals surface area (Å²) in [6, 6.07) is 7.11. The van der Waals surface area contributed by atoms with E-state index in [1.54, 1.807) is 0 Å². The summed E-state index contributed by atoms with van der Waals surface area (Å²) < 4.78 is 10.8. The molecule has 0 bridgehead atoms. The number of nitrogens with one attached hydrogen (secondary N) is 1. The van der Waals surface area contributed by atoms with Gasteiger partial charge in [0.05, 0.1) is 13.2 Å². The minimum atomic E-state index is 0.564. The molecular formula is C13H17NO2. The van der Waals surface area contributed by atoms with Gasteiger partial charge in [0.2, 0.25) is 0 Å². The van der Waals surface area contributed by atoms with Gasteiger partial charge in [0.1, 0.15) is 0 Å². The lowest BCUT2D eigenvalue weighted by molar-refractivity contribution is 0.0904. The van der Waals surface area contributed by atoms with Gasteiger partial charge in [-0.25, -0.2) is 0 Å². The van der Waals surface area contributed by atoms with Crippen LogP contribution in [-0.4, -0.2) is 19.3 Å². The highest BCUT2D eigenvalue weighted by molar-refractivity contribution is 5.49. The molecule has 1 aromatic carbocycles. The van der Waals surface area contributed by atoms with Crippen molar-refractivity contribution in [2.75, 3.05) is 18.5 Å². The van der Waals surface area contributed by atoms with Crippen molar-refractivity contribution in [3.8, 4) is 0 Å². The number of anilines is 1. The normalized spacial score (nSPS) is 20.8. The Kier molecular flexibility index (Phi) is 2.80. The zero-order valence-corrected chi connectivity index (χ0v) is 9.37. The first kappa shape index (κ1) is 10.1. The molecule has 16 heavy (non-hydrogen) atoms. The van der Waals surface area contributed by atoms with E-state index in [2.05, 4.69) is 23.5 Å². The number of rotatable bonds is 2. The standard InChI is InChI=1S/C13H17NO2/c1-2-13(7-11-9-16-8-10(1)11)14-12-3-5-15-6-4-12/h1-2,7,12,14H,3-6,8-9H2. The lowest BCUT2D eigenvalue weighted by Gasteiger charge is -2.24. The molecule has 3 rings (SSSR count). The largest absolute Gasteiger partial charge is 0.382 e. The molecular weight excluding hydrogens is 202 g/mol. The first-order valence-corrected chi connectivity index (χ1v) is 5.96. The van der Waals surface area contributed by atoms with Crippen molar-refractivity contribution in [3.05, 3.63) is 29.3 Å². The predicted molar refractivity (Wildman–Crippen MR) is 62.4 cm³/mol. The molecule has 0 aromatic heterocycles. The molecule has 0 unspecified atom stereocenters. The van der Waals surface area contributed by atoms with E-state index in [4.69, 9.17) is 9.47 Å². The summed E-state index contributed by atoms with van der Waals surface area (Å²) in [4.78, 5) is 0. The Morgan fingerprint density at radius 1 is 1.00 bits per heavy atom. The molecule has 3 nitrogen and oxygen atoms in total. The van der Waals surface area contributed by atoms with Crippen molar-refractivity contribution < 1.29 is 9.47 Å². The molecule has 0 atom stereocenters. The fraction of sp³-hybridized carbons (Fsp3) is 0.538. The van der Waals surface area contributed by atoms with E-state index in [0.717, 1.165) is 39.3 Å². The van der Waals surface area contributed by atoms with Crippen LogP contribution in [0.25, 0.3) is 0 Å². The topological polar surface area (TPSA) is 30.5 Å². The van der Waals surface area contributed by atoms with Gasteiger partial charge in [0, 0.05) is 24.9 Å². The van der Waals surface area contributed by atoms with E-state index in [-0.39, 0.29) is 0 Å². The smallest absolute Gasteiger partial charge is 0.0725 e.